The lowest BCUT2D eigenvalue weighted by atomic mass is 10.1. The minimum atomic E-state index is 0.257. The maximum Gasteiger partial charge on any atom is 0.223 e. The monoisotopic (exact) mass is 360 g/mol. The number of rotatable bonds is 10. The molecule has 2 N–H and O–H groups in total. The molecule has 1 saturated heterocycles. The Morgan fingerprint density at radius 1 is 1.31 bits per heavy atom. The first-order chi connectivity index (χ1) is 12.7. The molecule has 1 aliphatic heterocycles. The summed E-state index contributed by atoms with van der Waals surface area (Å²) in [6.45, 7) is 6.71. The predicted octanol–water partition coefficient (Wildman–Crippen LogP) is 1.67. The molecule has 1 aliphatic rings. The third-order valence-corrected chi connectivity index (χ3v) is 4.55. The molecule has 1 amide bonds. The number of nitrogens with one attached hydrogen (secondary N) is 2. The van der Waals surface area contributed by atoms with Gasteiger partial charge in [0.15, 0.2) is 5.96 Å². The van der Waals surface area contributed by atoms with E-state index in [1.807, 2.05) is 30.0 Å². The summed E-state index contributed by atoms with van der Waals surface area (Å²) in [5.74, 6) is 1.38. The summed E-state index contributed by atoms with van der Waals surface area (Å²) in [7, 11) is 1.77. The summed E-state index contributed by atoms with van der Waals surface area (Å²) in [5, 5.41) is 6.62. The number of benzene rings is 1. The SMILES string of the molecule is CCOCCCNC(=NC)NCC1CC(=O)N(CCc2ccccc2)C1. The molecule has 1 aromatic rings. The van der Waals surface area contributed by atoms with Crippen molar-refractivity contribution in [1.29, 1.82) is 0 Å². The van der Waals surface area contributed by atoms with E-state index in [2.05, 4.69) is 27.8 Å². The molecule has 26 heavy (non-hydrogen) atoms. The average molecular weight is 361 g/mol. The lowest BCUT2D eigenvalue weighted by Gasteiger charge is -2.18. The van der Waals surface area contributed by atoms with E-state index >= 15 is 0 Å². The highest BCUT2D eigenvalue weighted by molar-refractivity contribution is 5.80. The van der Waals surface area contributed by atoms with Crippen molar-refractivity contribution in [3.8, 4) is 0 Å². The van der Waals surface area contributed by atoms with Crippen LogP contribution in [0.2, 0.25) is 0 Å². The van der Waals surface area contributed by atoms with Gasteiger partial charge in [0.1, 0.15) is 0 Å². The van der Waals surface area contributed by atoms with E-state index in [0.29, 0.717) is 12.3 Å². The summed E-state index contributed by atoms with van der Waals surface area (Å²) < 4.78 is 5.33. The van der Waals surface area contributed by atoms with Gasteiger partial charge in [0.2, 0.25) is 5.91 Å². The molecule has 144 valence electrons. The molecule has 2 rings (SSSR count). The maximum absolute atomic E-state index is 12.2. The van der Waals surface area contributed by atoms with E-state index in [4.69, 9.17) is 4.74 Å². The molecule has 1 atom stereocenters. The highest BCUT2D eigenvalue weighted by Crippen LogP contribution is 2.17. The number of aliphatic imine (C=N–C) groups is 1. The van der Waals surface area contributed by atoms with Gasteiger partial charge in [-0.3, -0.25) is 9.79 Å². The molecule has 1 aromatic carbocycles. The van der Waals surface area contributed by atoms with Crippen LogP contribution in [0.3, 0.4) is 0 Å². The van der Waals surface area contributed by atoms with Crippen LogP contribution in [-0.2, 0) is 16.0 Å². The zero-order valence-electron chi connectivity index (χ0n) is 16.0. The standard InChI is InChI=1S/C20H32N4O2/c1-3-26-13-7-11-22-20(21-2)23-15-18-14-19(25)24(16-18)12-10-17-8-5-4-6-9-17/h4-6,8-9,18H,3,7,10-16H2,1-2H3,(H2,21,22,23). The summed E-state index contributed by atoms with van der Waals surface area (Å²) in [6.07, 6.45) is 2.47. The molecule has 1 heterocycles. The molecule has 0 aromatic heterocycles. The first kappa shape index (κ1) is 20.2. The largest absolute Gasteiger partial charge is 0.382 e. The number of hydrogen-bond donors (Lipinski definition) is 2. The molecule has 0 radical (unpaired) electrons. The van der Waals surface area contributed by atoms with Crippen LogP contribution in [0.1, 0.15) is 25.3 Å². The van der Waals surface area contributed by atoms with Crippen LogP contribution in [0, 0.1) is 5.92 Å². The van der Waals surface area contributed by atoms with Gasteiger partial charge in [-0.2, -0.15) is 0 Å². The van der Waals surface area contributed by atoms with E-state index in [1.54, 1.807) is 7.05 Å². The first-order valence-electron chi connectivity index (χ1n) is 9.57. The molecule has 1 unspecified atom stereocenters. The third-order valence-electron chi connectivity index (χ3n) is 4.55. The number of guanidine groups is 1. The van der Waals surface area contributed by atoms with Crippen molar-refractivity contribution in [1.82, 2.24) is 15.5 Å². The third kappa shape index (κ3) is 7.04. The molecule has 6 nitrogen and oxygen atoms in total. The zero-order valence-corrected chi connectivity index (χ0v) is 16.0. The fraction of sp³-hybridized carbons (Fsp3) is 0.600. The van der Waals surface area contributed by atoms with E-state index in [9.17, 15) is 4.79 Å². The van der Waals surface area contributed by atoms with Gasteiger partial charge in [-0.05, 0) is 25.3 Å². The molecular weight excluding hydrogens is 328 g/mol. The van der Waals surface area contributed by atoms with Crippen LogP contribution in [-0.4, -0.2) is 63.2 Å². The lowest BCUT2D eigenvalue weighted by Crippen LogP contribution is -2.40. The Balaban J connectivity index is 1.66. The number of hydrogen-bond acceptors (Lipinski definition) is 3. The van der Waals surface area contributed by atoms with Crippen molar-refractivity contribution in [3.05, 3.63) is 35.9 Å². The first-order valence-corrected chi connectivity index (χ1v) is 9.57. The molecular formula is C20H32N4O2. The van der Waals surface area contributed by atoms with Gasteiger partial charge in [-0.1, -0.05) is 30.3 Å². The van der Waals surface area contributed by atoms with Crippen molar-refractivity contribution in [2.75, 3.05) is 46.4 Å². The number of likely N-dealkylation sites (tertiary alicyclic amines) is 1. The normalized spacial score (nSPS) is 17.6. The van der Waals surface area contributed by atoms with Gasteiger partial charge in [0.25, 0.3) is 0 Å². The van der Waals surface area contributed by atoms with Gasteiger partial charge >= 0.3 is 0 Å². The maximum atomic E-state index is 12.2. The van der Waals surface area contributed by atoms with Crippen molar-refractivity contribution in [2.24, 2.45) is 10.9 Å². The quantitative estimate of drug-likeness (QED) is 0.378. The second-order valence-corrected chi connectivity index (χ2v) is 6.58. The van der Waals surface area contributed by atoms with E-state index in [1.165, 1.54) is 5.56 Å². The van der Waals surface area contributed by atoms with Gasteiger partial charge in [-0.15, -0.1) is 0 Å². The Labute approximate surface area is 157 Å². The topological polar surface area (TPSA) is 66.0 Å². The number of nitrogens with zero attached hydrogens (tertiary/aromatic N) is 2. The summed E-state index contributed by atoms with van der Waals surface area (Å²) in [5.41, 5.74) is 1.28. The zero-order chi connectivity index (χ0) is 18.6. The molecule has 1 fully saturated rings. The molecule has 0 bridgehead atoms. The molecule has 6 heteroatoms. The second kappa shape index (κ2) is 11.5. The fourth-order valence-electron chi connectivity index (χ4n) is 3.10. The van der Waals surface area contributed by atoms with E-state index < -0.39 is 0 Å². The van der Waals surface area contributed by atoms with Gasteiger partial charge in [0.05, 0.1) is 0 Å². The van der Waals surface area contributed by atoms with Gasteiger partial charge < -0.3 is 20.3 Å². The second-order valence-electron chi connectivity index (χ2n) is 6.58. The molecule has 0 aliphatic carbocycles. The minimum Gasteiger partial charge on any atom is -0.382 e. The number of carbonyl (C=O) groups is 1. The number of amides is 1. The summed E-state index contributed by atoms with van der Waals surface area (Å²) >= 11 is 0. The van der Waals surface area contributed by atoms with Crippen LogP contribution in [0.4, 0.5) is 0 Å². The van der Waals surface area contributed by atoms with Crippen molar-refractivity contribution >= 4 is 11.9 Å². The summed E-state index contributed by atoms with van der Waals surface area (Å²) in [6, 6.07) is 10.3. The van der Waals surface area contributed by atoms with Crippen LogP contribution in [0.25, 0.3) is 0 Å². The summed E-state index contributed by atoms with van der Waals surface area (Å²) in [4.78, 5) is 18.5. The van der Waals surface area contributed by atoms with Gasteiger partial charge in [-0.25, -0.2) is 0 Å². The lowest BCUT2D eigenvalue weighted by molar-refractivity contribution is -0.127. The Morgan fingerprint density at radius 2 is 2.12 bits per heavy atom. The minimum absolute atomic E-state index is 0.257. The van der Waals surface area contributed by atoms with Crippen LogP contribution in [0.15, 0.2) is 35.3 Å². The fourth-order valence-corrected chi connectivity index (χ4v) is 3.10. The highest BCUT2D eigenvalue weighted by atomic mass is 16.5. The van der Waals surface area contributed by atoms with Crippen molar-refractivity contribution in [2.45, 2.75) is 26.2 Å². The van der Waals surface area contributed by atoms with Crippen molar-refractivity contribution < 1.29 is 9.53 Å². The Bertz CT molecular complexity index is 562. The predicted molar refractivity (Wildman–Crippen MR) is 105 cm³/mol. The number of ether oxygens (including phenoxy) is 1. The van der Waals surface area contributed by atoms with Crippen molar-refractivity contribution in [3.63, 3.8) is 0 Å². The van der Waals surface area contributed by atoms with E-state index in [0.717, 1.165) is 58.2 Å². The molecule has 0 spiro atoms. The Kier molecular flexibility index (Phi) is 8.96. The molecule has 0 saturated carbocycles. The van der Waals surface area contributed by atoms with Crippen LogP contribution < -0.4 is 10.6 Å². The Hall–Kier alpha value is -2.08. The van der Waals surface area contributed by atoms with E-state index in [-0.39, 0.29) is 5.91 Å². The number of carbonyl (C=O) groups excluding carboxylic acids is 1. The Morgan fingerprint density at radius 3 is 2.85 bits per heavy atom. The van der Waals surface area contributed by atoms with Gasteiger partial charge in [0, 0.05) is 58.8 Å². The van der Waals surface area contributed by atoms with Crippen LogP contribution in [0.5, 0.6) is 0 Å². The highest BCUT2D eigenvalue weighted by Gasteiger charge is 2.29. The average Bonchev–Trinajstić information content (AvgIpc) is 3.03. The van der Waals surface area contributed by atoms with Crippen LogP contribution >= 0.6 is 0 Å². The smallest absolute Gasteiger partial charge is 0.223 e.